The molecule has 0 fully saturated rings. The van der Waals surface area contributed by atoms with Gasteiger partial charge in [0, 0.05) is 19.4 Å². The van der Waals surface area contributed by atoms with Gasteiger partial charge in [-0.15, -0.1) is 0 Å². The SMILES string of the molecule is O=C(O)CCCC(=O)/C=C/C=C/CCCCCCCCCO. The van der Waals surface area contributed by atoms with Crippen molar-refractivity contribution in [1.29, 1.82) is 0 Å². The first-order valence-corrected chi connectivity index (χ1v) is 8.35. The number of rotatable bonds is 15. The van der Waals surface area contributed by atoms with Gasteiger partial charge in [0.25, 0.3) is 0 Å². The summed E-state index contributed by atoms with van der Waals surface area (Å²) in [5.74, 6) is -0.876. The first kappa shape index (κ1) is 20.6. The number of carbonyl (C=O) groups excluding carboxylic acids is 1. The molecule has 22 heavy (non-hydrogen) atoms. The van der Waals surface area contributed by atoms with Gasteiger partial charge in [-0.3, -0.25) is 9.59 Å². The van der Waals surface area contributed by atoms with E-state index in [1.807, 2.05) is 6.08 Å². The fourth-order valence-electron chi connectivity index (χ4n) is 2.09. The summed E-state index contributed by atoms with van der Waals surface area (Å²) >= 11 is 0. The number of aliphatic carboxylic acids is 1. The number of hydrogen-bond acceptors (Lipinski definition) is 3. The summed E-state index contributed by atoms with van der Waals surface area (Å²) in [6.45, 7) is 0.306. The number of carboxylic acid groups (broad SMARTS) is 1. The van der Waals surface area contributed by atoms with Gasteiger partial charge in [0.05, 0.1) is 0 Å². The molecule has 4 heteroatoms. The Kier molecular flexibility index (Phi) is 14.9. The minimum atomic E-state index is -0.856. The standard InChI is InChI=1S/C18H30O4/c19-16-11-9-7-5-3-1-2-4-6-8-10-13-17(20)14-12-15-18(21)22/h6,8,10,13,19H,1-5,7,9,11-12,14-16H2,(H,21,22)/b8-6+,13-10+. The van der Waals surface area contributed by atoms with Crippen molar-refractivity contribution in [3.8, 4) is 0 Å². The van der Waals surface area contributed by atoms with Crippen molar-refractivity contribution in [2.24, 2.45) is 0 Å². The number of carboxylic acids is 1. The van der Waals surface area contributed by atoms with Gasteiger partial charge >= 0.3 is 5.97 Å². The van der Waals surface area contributed by atoms with Gasteiger partial charge in [-0.2, -0.15) is 0 Å². The summed E-state index contributed by atoms with van der Waals surface area (Å²) < 4.78 is 0. The molecule has 0 aromatic rings. The topological polar surface area (TPSA) is 74.6 Å². The second-order valence-electron chi connectivity index (χ2n) is 5.49. The Morgan fingerprint density at radius 3 is 2.05 bits per heavy atom. The highest BCUT2D eigenvalue weighted by atomic mass is 16.4. The molecule has 0 heterocycles. The molecule has 4 nitrogen and oxygen atoms in total. The molecule has 0 atom stereocenters. The molecule has 0 rings (SSSR count). The molecular weight excluding hydrogens is 280 g/mol. The second kappa shape index (κ2) is 16.0. The van der Waals surface area contributed by atoms with Crippen LogP contribution in [0.1, 0.15) is 70.6 Å². The first-order valence-electron chi connectivity index (χ1n) is 8.35. The Bertz CT molecular complexity index is 345. The van der Waals surface area contributed by atoms with Gasteiger partial charge in [0.1, 0.15) is 0 Å². The van der Waals surface area contributed by atoms with Crippen molar-refractivity contribution in [2.75, 3.05) is 6.61 Å². The molecule has 0 aliphatic rings. The van der Waals surface area contributed by atoms with Crippen LogP contribution in [0.4, 0.5) is 0 Å². The summed E-state index contributed by atoms with van der Waals surface area (Å²) in [6, 6.07) is 0. The van der Waals surface area contributed by atoms with E-state index in [1.165, 1.54) is 31.8 Å². The Balaban J connectivity index is 3.40. The lowest BCUT2D eigenvalue weighted by Gasteiger charge is -1.99. The van der Waals surface area contributed by atoms with Crippen LogP contribution < -0.4 is 0 Å². The van der Waals surface area contributed by atoms with Gasteiger partial charge in [-0.05, 0) is 31.8 Å². The normalized spacial score (nSPS) is 11.5. The number of carbonyl (C=O) groups is 2. The molecule has 0 saturated heterocycles. The van der Waals surface area contributed by atoms with Crippen LogP contribution in [-0.4, -0.2) is 28.6 Å². The third-order valence-corrected chi connectivity index (χ3v) is 3.37. The number of ketones is 1. The number of allylic oxidation sites excluding steroid dienone is 4. The van der Waals surface area contributed by atoms with E-state index in [-0.39, 0.29) is 12.2 Å². The molecule has 0 spiro atoms. The molecule has 0 bridgehead atoms. The molecule has 0 radical (unpaired) electrons. The average molecular weight is 310 g/mol. The largest absolute Gasteiger partial charge is 0.481 e. The summed E-state index contributed by atoms with van der Waals surface area (Å²) in [7, 11) is 0. The Morgan fingerprint density at radius 1 is 0.773 bits per heavy atom. The van der Waals surface area contributed by atoms with Crippen molar-refractivity contribution in [3.05, 3.63) is 24.3 Å². The van der Waals surface area contributed by atoms with E-state index in [4.69, 9.17) is 10.2 Å². The highest BCUT2D eigenvalue weighted by Crippen LogP contribution is 2.08. The van der Waals surface area contributed by atoms with Crippen LogP contribution in [-0.2, 0) is 9.59 Å². The predicted molar refractivity (Wildman–Crippen MR) is 88.8 cm³/mol. The molecule has 0 aliphatic heterocycles. The van der Waals surface area contributed by atoms with Gasteiger partial charge in [-0.1, -0.05) is 50.3 Å². The molecule has 126 valence electrons. The molecular formula is C18H30O4. The minimum Gasteiger partial charge on any atom is -0.481 e. The van der Waals surface area contributed by atoms with Gasteiger partial charge in [0.15, 0.2) is 5.78 Å². The lowest BCUT2D eigenvalue weighted by Crippen LogP contribution is -1.97. The first-order chi connectivity index (χ1) is 10.7. The fraction of sp³-hybridized carbons (Fsp3) is 0.667. The van der Waals surface area contributed by atoms with Gasteiger partial charge in [-0.25, -0.2) is 0 Å². The van der Waals surface area contributed by atoms with E-state index in [9.17, 15) is 9.59 Å². The van der Waals surface area contributed by atoms with E-state index in [1.54, 1.807) is 6.08 Å². The van der Waals surface area contributed by atoms with Crippen molar-refractivity contribution < 1.29 is 19.8 Å². The van der Waals surface area contributed by atoms with Crippen molar-refractivity contribution >= 4 is 11.8 Å². The van der Waals surface area contributed by atoms with E-state index >= 15 is 0 Å². The van der Waals surface area contributed by atoms with Crippen LogP contribution in [0.5, 0.6) is 0 Å². The maximum atomic E-state index is 11.4. The quantitative estimate of drug-likeness (QED) is 0.272. The maximum absolute atomic E-state index is 11.4. The van der Waals surface area contributed by atoms with Crippen LogP contribution in [0, 0.1) is 0 Å². The predicted octanol–water partition coefficient (Wildman–Crippen LogP) is 4.04. The third-order valence-electron chi connectivity index (χ3n) is 3.37. The Morgan fingerprint density at radius 2 is 1.41 bits per heavy atom. The van der Waals surface area contributed by atoms with E-state index in [2.05, 4.69) is 6.08 Å². The third kappa shape index (κ3) is 16.6. The minimum absolute atomic E-state index is 0.0196. The van der Waals surface area contributed by atoms with Crippen LogP contribution in [0.15, 0.2) is 24.3 Å². The lowest BCUT2D eigenvalue weighted by atomic mass is 10.1. The molecule has 0 aliphatic carbocycles. The van der Waals surface area contributed by atoms with Crippen molar-refractivity contribution in [3.63, 3.8) is 0 Å². The van der Waals surface area contributed by atoms with Crippen LogP contribution >= 0.6 is 0 Å². The van der Waals surface area contributed by atoms with Crippen LogP contribution in [0.25, 0.3) is 0 Å². The maximum Gasteiger partial charge on any atom is 0.303 e. The van der Waals surface area contributed by atoms with Gasteiger partial charge in [0.2, 0.25) is 0 Å². The number of aliphatic hydroxyl groups excluding tert-OH is 1. The lowest BCUT2D eigenvalue weighted by molar-refractivity contribution is -0.137. The van der Waals surface area contributed by atoms with E-state index in [0.29, 0.717) is 19.4 Å². The van der Waals surface area contributed by atoms with E-state index in [0.717, 1.165) is 25.7 Å². The number of aliphatic hydroxyl groups is 1. The fourth-order valence-corrected chi connectivity index (χ4v) is 2.09. The zero-order valence-corrected chi connectivity index (χ0v) is 13.5. The highest BCUT2D eigenvalue weighted by molar-refractivity contribution is 5.90. The summed E-state index contributed by atoms with van der Waals surface area (Å²) in [6.07, 6.45) is 17.1. The Labute approximate surface area is 133 Å². The molecule has 2 N–H and O–H groups in total. The summed E-state index contributed by atoms with van der Waals surface area (Å²) in [4.78, 5) is 21.7. The molecule has 0 unspecified atom stereocenters. The van der Waals surface area contributed by atoms with Crippen molar-refractivity contribution in [1.82, 2.24) is 0 Å². The smallest absolute Gasteiger partial charge is 0.303 e. The Hall–Kier alpha value is -1.42. The second-order valence-corrected chi connectivity index (χ2v) is 5.49. The molecule has 0 saturated carbocycles. The van der Waals surface area contributed by atoms with Crippen molar-refractivity contribution in [2.45, 2.75) is 70.6 Å². The molecule has 0 amide bonds. The zero-order valence-electron chi connectivity index (χ0n) is 13.5. The van der Waals surface area contributed by atoms with Crippen LogP contribution in [0.3, 0.4) is 0 Å². The van der Waals surface area contributed by atoms with E-state index < -0.39 is 5.97 Å². The van der Waals surface area contributed by atoms with Gasteiger partial charge < -0.3 is 10.2 Å². The highest BCUT2D eigenvalue weighted by Gasteiger charge is 1.99. The summed E-state index contributed by atoms with van der Waals surface area (Å²) in [5.41, 5.74) is 0. The number of unbranched alkanes of at least 4 members (excludes halogenated alkanes) is 7. The molecule has 0 aromatic carbocycles. The van der Waals surface area contributed by atoms with Crippen LogP contribution in [0.2, 0.25) is 0 Å². The zero-order chi connectivity index (χ0) is 16.5. The summed E-state index contributed by atoms with van der Waals surface area (Å²) in [5, 5.41) is 17.1. The average Bonchev–Trinajstić information content (AvgIpc) is 2.48. The molecule has 0 aromatic heterocycles. The monoisotopic (exact) mass is 310 g/mol. The number of hydrogen-bond donors (Lipinski definition) is 2.